The summed E-state index contributed by atoms with van der Waals surface area (Å²) in [4.78, 5) is 4.77. The summed E-state index contributed by atoms with van der Waals surface area (Å²) in [5.74, 6) is 0.790. The topological polar surface area (TPSA) is 64.6 Å². The second-order valence-corrected chi connectivity index (χ2v) is 7.80. The molecule has 0 amide bonds. The highest BCUT2D eigenvalue weighted by Gasteiger charge is 2.21. The van der Waals surface area contributed by atoms with Gasteiger partial charge in [-0.1, -0.05) is 18.2 Å². The number of nitrogens with zero attached hydrogens (tertiary/aromatic N) is 4. The van der Waals surface area contributed by atoms with Gasteiger partial charge in [0.2, 0.25) is 0 Å². The van der Waals surface area contributed by atoms with Gasteiger partial charge >= 0.3 is 0 Å². The van der Waals surface area contributed by atoms with E-state index in [4.69, 9.17) is 14.8 Å². The van der Waals surface area contributed by atoms with Gasteiger partial charge in [0.05, 0.1) is 18.3 Å². The highest BCUT2D eigenvalue weighted by molar-refractivity contribution is 5.80. The van der Waals surface area contributed by atoms with Crippen LogP contribution in [0.3, 0.4) is 0 Å². The Morgan fingerprint density at radius 2 is 1.81 bits per heavy atom. The average molecular weight is 412 g/mol. The quantitative estimate of drug-likeness (QED) is 0.454. The Balaban J connectivity index is 1.65. The standard InChI is InChI=1S/C25H24N4O2/c1-16-14-17(2)29-25(26-16)21(24(27-29)19-8-10-20(31-3)11-9-19)15-23(30)28-13-12-18-6-4-5-7-22(18)28/h4-14,23,30H,15H2,1-3H3. The first-order valence-electron chi connectivity index (χ1n) is 10.3. The maximum absolute atomic E-state index is 11.2. The number of aromatic nitrogens is 4. The lowest BCUT2D eigenvalue weighted by Gasteiger charge is -2.15. The van der Waals surface area contributed by atoms with Gasteiger partial charge in [-0.3, -0.25) is 0 Å². The lowest BCUT2D eigenvalue weighted by atomic mass is 10.0. The summed E-state index contributed by atoms with van der Waals surface area (Å²) in [5, 5.41) is 17.2. The van der Waals surface area contributed by atoms with Crippen molar-refractivity contribution in [2.75, 3.05) is 7.11 Å². The van der Waals surface area contributed by atoms with Crippen molar-refractivity contribution in [3.63, 3.8) is 0 Å². The van der Waals surface area contributed by atoms with E-state index in [0.29, 0.717) is 6.42 Å². The van der Waals surface area contributed by atoms with Crippen LogP contribution in [-0.4, -0.2) is 31.4 Å². The Bertz CT molecular complexity index is 1380. The molecule has 0 aliphatic rings. The summed E-state index contributed by atoms with van der Waals surface area (Å²) < 4.78 is 9.07. The molecule has 0 bridgehead atoms. The monoisotopic (exact) mass is 412 g/mol. The van der Waals surface area contributed by atoms with Gasteiger partial charge in [0.25, 0.3) is 0 Å². The van der Waals surface area contributed by atoms with Crippen LogP contribution >= 0.6 is 0 Å². The highest BCUT2D eigenvalue weighted by atomic mass is 16.5. The van der Waals surface area contributed by atoms with E-state index < -0.39 is 6.23 Å². The lowest BCUT2D eigenvalue weighted by Crippen LogP contribution is -2.11. The summed E-state index contributed by atoms with van der Waals surface area (Å²) in [6.45, 7) is 4.00. The molecular weight excluding hydrogens is 388 g/mol. The van der Waals surface area contributed by atoms with E-state index in [1.54, 1.807) is 7.11 Å². The molecule has 0 aliphatic heterocycles. The SMILES string of the molecule is COc1ccc(-c2nn3c(C)cc(C)nc3c2CC(O)n2ccc3ccccc32)cc1. The van der Waals surface area contributed by atoms with E-state index >= 15 is 0 Å². The number of aliphatic hydroxyl groups excluding tert-OH is 1. The van der Waals surface area contributed by atoms with Crippen LogP contribution < -0.4 is 4.74 Å². The Labute approximate surface area is 180 Å². The minimum atomic E-state index is -0.743. The largest absolute Gasteiger partial charge is 0.497 e. The molecule has 0 saturated heterocycles. The molecular formula is C25H24N4O2. The molecule has 3 heterocycles. The first kappa shape index (κ1) is 19.3. The number of para-hydroxylation sites is 1. The second-order valence-electron chi connectivity index (χ2n) is 7.80. The number of hydrogen-bond acceptors (Lipinski definition) is 4. The first-order valence-corrected chi connectivity index (χ1v) is 10.3. The van der Waals surface area contributed by atoms with Gasteiger partial charge in [-0.05, 0) is 61.7 Å². The van der Waals surface area contributed by atoms with Gasteiger partial charge in [-0.15, -0.1) is 0 Å². The zero-order chi connectivity index (χ0) is 21.5. The highest BCUT2D eigenvalue weighted by Crippen LogP contribution is 2.31. The third-order valence-corrected chi connectivity index (χ3v) is 5.69. The van der Waals surface area contributed by atoms with Crippen LogP contribution in [0.25, 0.3) is 27.8 Å². The van der Waals surface area contributed by atoms with E-state index in [1.807, 2.05) is 89.8 Å². The minimum Gasteiger partial charge on any atom is -0.497 e. The van der Waals surface area contributed by atoms with Crippen LogP contribution in [0.15, 0.2) is 66.9 Å². The number of rotatable bonds is 5. The van der Waals surface area contributed by atoms with Crippen molar-refractivity contribution < 1.29 is 9.84 Å². The number of ether oxygens (including phenoxy) is 1. The molecule has 0 saturated carbocycles. The summed E-state index contributed by atoms with van der Waals surface area (Å²) in [7, 11) is 1.65. The van der Waals surface area contributed by atoms with Crippen LogP contribution in [0.2, 0.25) is 0 Å². The van der Waals surface area contributed by atoms with E-state index in [0.717, 1.165) is 50.5 Å². The molecule has 5 rings (SSSR count). The van der Waals surface area contributed by atoms with Gasteiger partial charge in [0.15, 0.2) is 5.65 Å². The predicted molar refractivity (Wildman–Crippen MR) is 121 cm³/mol. The van der Waals surface area contributed by atoms with Gasteiger partial charge in [0, 0.05) is 35.1 Å². The molecule has 2 aromatic carbocycles. The molecule has 1 atom stereocenters. The third kappa shape index (κ3) is 3.35. The molecule has 6 nitrogen and oxygen atoms in total. The van der Waals surface area contributed by atoms with Crippen LogP contribution in [0.1, 0.15) is 23.2 Å². The lowest BCUT2D eigenvalue weighted by molar-refractivity contribution is 0.109. The van der Waals surface area contributed by atoms with Crippen molar-refractivity contribution in [3.05, 3.63) is 83.8 Å². The number of fused-ring (bicyclic) bond motifs is 2. The Kier molecular flexibility index (Phi) is 4.71. The van der Waals surface area contributed by atoms with E-state index in [-0.39, 0.29) is 0 Å². The molecule has 31 heavy (non-hydrogen) atoms. The fourth-order valence-electron chi connectivity index (χ4n) is 4.18. The van der Waals surface area contributed by atoms with Crippen molar-refractivity contribution in [2.45, 2.75) is 26.5 Å². The molecule has 0 radical (unpaired) electrons. The summed E-state index contributed by atoms with van der Waals surface area (Å²) in [5.41, 5.74) is 6.40. The normalized spacial score (nSPS) is 12.5. The number of hydrogen-bond donors (Lipinski definition) is 1. The minimum absolute atomic E-state index is 0.388. The Morgan fingerprint density at radius 3 is 2.58 bits per heavy atom. The first-order chi connectivity index (χ1) is 15.0. The number of methoxy groups -OCH3 is 1. The summed E-state index contributed by atoms with van der Waals surface area (Å²) in [6, 6.07) is 19.9. The molecule has 156 valence electrons. The Morgan fingerprint density at radius 1 is 1.03 bits per heavy atom. The molecule has 1 N–H and O–H groups in total. The average Bonchev–Trinajstić information content (AvgIpc) is 3.36. The van der Waals surface area contributed by atoms with E-state index in [9.17, 15) is 5.11 Å². The molecule has 1 unspecified atom stereocenters. The van der Waals surface area contributed by atoms with E-state index in [2.05, 4.69) is 0 Å². The fourth-order valence-corrected chi connectivity index (χ4v) is 4.18. The predicted octanol–water partition coefficient (Wildman–Crippen LogP) is 4.71. The van der Waals surface area contributed by atoms with Gasteiger partial charge < -0.3 is 14.4 Å². The van der Waals surface area contributed by atoms with Crippen LogP contribution in [-0.2, 0) is 6.42 Å². The van der Waals surface area contributed by atoms with Crippen LogP contribution in [0.5, 0.6) is 5.75 Å². The van der Waals surface area contributed by atoms with Crippen LogP contribution in [0.4, 0.5) is 0 Å². The van der Waals surface area contributed by atoms with Crippen molar-refractivity contribution in [2.24, 2.45) is 0 Å². The fraction of sp³-hybridized carbons (Fsp3) is 0.200. The van der Waals surface area contributed by atoms with Crippen molar-refractivity contribution in [1.29, 1.82) is 0 Å². The maximum atomic E-state index is 11.2. The molecule has 5 aromatic rings. The molecule has 0 aliphatic carbocycles. The molecule has 0 spiro atoms. The molecule has 3 aromatic heterocycles. The zero-order valence-electron chi connectivity index (χ0n) is 17.8. The van der Waals surface area contributed by atoms with E-state index in [1.165, 1.54) is 0 Å². The molecule has 0 fully saturated rings. The van der Waals surface area contributed by atoms with Crippen molar-refractivity contribution in [3.8, 4) is 17.0 Å². The van der Waals surface area contributed by atoms with Crippen LogP contribution in [0, 0.1) is 13.8 Å². The third-order valence-electron chi connectivity index (χ3n) is 5.69. The van der Waals surface area contributed by atoms with Gasteiger partial charge in [-0.2, -0.15) is 5.10 Å². The maximum Gasteiger partial charge on any atom is 0.159 e. The number of aliphatic hydroxyl groups is 1. The van der Waals surface area contributed by atoms with Crippen molar-refractivity contribution in [1.82, 2.24) is 19.2 Å². The zero-order valence-corrected chi connectivity index (χ0v) is 17.8. The number of aryl methyl sites for hydroxylation is 2. The Hall–Kier alpha value is -3.64. The van der Waals surface area contributed by atoms with Gasteiger partial charge in [0.1, 0.15) is 12.0 Å². The summed E-state index contributed by atoms with van der Waals surface area (Å²) in [6.07, 6.45) is 1.57. The van der Waals surface area contributed by atoms with Gasteiger partial charge in [-0.25, -0.2) is 9.50 Å². The smallest absolute Gasteiger partial charge is 0.159 e. The molecule has 6 heteroatoms. The summed E-state index contributed by atoms with van der Waals surface area (Å²) >= 11 is 0. The van der Waals surface area contributed by atoms with Crippen molar-refractivity contribution >= 4 is 16.6 Å². The second kappa shape index (κ2) is 7.56. The number of benzene rings is 2.